The van der Waals surface area contributed by atoms with E-state index in [4.69, 9.17) is 21.7 Å². The fourth-order valence-corrected chi connectivity index (χ4v) is 2.91. The van der Waals surface area contributed by atoms with E-state index in [1.165, 1.54) is 0 Å². The van der Waals surface area contributed by atoms with Crippen molar-refractivity contribution in [3.05, 3.63) is 89.5 Å². The van der Waals surface area contributed by atoms with Gasteiger partial charge >= 0.3 is 5.97 Å². The van der Waals surface area contributed by atoms with Crippen molar-refractivity contribution in [3.63, 3.8) is 0 Å². The van der Waals surface area contributed by atoms with Gasteiger partial charge in [0.05, 0.1) is 18.4 Å². The van der Waals surface area contributed by atoms with Crippen molar-refractivity contribution in [2.45, 2.75) is 13.8 Å². The average molecular weight is 434 g/mol. The van der Waals surface area contributed by atoms with Crippen LogP contribution in [0.2, 0.25) is 0 Å². The number of hydrazone groups is 1. The van der Waals surface area contributed by atoms with Crippen molar-refractivity contribution in [1.29, 1.82) is 0 Å². The predicted octanol–water partition coefficient (Wildman–Crippen LogP) is 4.93. The van der Waals surface area contributed by atoms with Crippen LogP contribution in [0.3, 0.4) is 0 Å². The first-order valence-corrected chi connectivity index (χ1v) is 10.2. The van der Waals surface area contributed by atoms with Gasteiger partial charge < -0.3 is 14.8 Å². The van der Waals surface area contributed by atoms with E-state index < -0.39 is 5.97 Å². The molecule has 0 spiro atoms. The number of hydrogen-bond acceptors (Lipinski definition) is 5. The molecule has 0 aromatic heterocycles. The minimum atomic E-state index is -0.447. The van der Waals surface area contributed by atoms with Gasteiger partial charge in [-0.25, -0.2) is 4.79 Å². The Morgan fingerprint density at radius 1 is 1.03 bits per heavy atom. The number of nitrogens with zero attached hydrogens (tertiary/aromatic N) is 1. The Balaban J connectivity index is 1.64. The van der Waals surface area contributed by atoms with Crippen LogP contribution in [0.4, 0.5) is 5.69 Å². The summed E-state index contributed by atoms with van der Waals surface area (Å²) >= 11 is 5.26. The molecule has 0 saturated carbocycles. The maximum absolute atomic E-state index is 12.3. The summed E-state index contributed by atoms with van der Waals surface area (Å²) in [6.07, 6.45) is 1.61. The second-order valence-corrected chi connectivity index (χ2v) is 7.00. The molecule has 0 fully saturated rings. The molecular weight excluding hydrogens is 410 g/mol. The lowest BCUT2D eigenvalue weighted by Crippen LogP contribution is -2.23. The summed E-state index contributed by atoms with van der Waals surface area (Å²) in [5.41, 5.74) is 6.03. The number of benzene rings is 3. The molecule has 0 aliphatic heterocycles. The van der Waals surface area contributed by atoms with Gasteiger partial charge in [-0.05, 0) is 79.7 Å². The Morgan fingerprint density at radius 3 is 2.58 bits per heavy atom. The molecule has 3 aromatic carbocycles. The van der Waals surface area contributed by atoms with E-state index in [0.29, 0.717) is 28.8 Å². The third-order valence-electron chi connectivity index (χ3n) is 4.14. The van der Waals surface area contributed by atoms with Crippen molar-refractivity contribution in [2.75, 3.05) is 11.9 Å². The van der Waals surface area contributed by atoms with Crippen LogP contribution in [0.15, 0.2) is 77.9 Å². The molecule has 0 radical (unpaired) electrons. The third-order valence-corrected chi connectivity index (χ3v) is 4.33. The first-order chi connectivity index (χ1) is 15.0. The van der Waals surface area contributed by atoms with Crippen LogP contribution in [-0.2, 0) is 0 Å². The fourth-order valence-electron chi connectivity index (χ4n) is 2.74. The van der Waals surface area contributed by atoms with Crippen molar-refractivity contribution in [2.24, 2.45) is 5.10 Å². The first-order valence-electron chi connectivity index (χ1n) is 9.76. The summed E-state index contributed by atoms with van der Waals surface area (Å²) in [5, 5.41) is 7.60. The summed E-state index contributed by atoms with van der Waals surface area (Å²) in [6.45, 7) is 4.30. The number of thiocarbonyl (C=S) groups is 1. The summed E-state index contributed by atoms with van der Waals surface area (Å²) < 4.78 is 11.1. The van der Waals surface area contributed by atoms with Crippen molar-refractivity contribution in [3.8, 4) is 11.5 Å². The highest BCUT2D eigenvalue weighted by atomic mass is 32.1. The highest BCUT2D eigenvalue weighted by Crippen LogP contribution is 2.29. The summed E-state index contributed by atoms with van der Waals surface area (Å²) in [6, 6.07) is 21.9. The predicted molar refractivity (Wildman–Crippen MR) is 127 cm³/mol. The number of hydrogen-bond donors (Lipinski definition) is 2. The highest BCUT2D eigenvalue weighted by Gasteiger charge is 2.12. The van der Waals surface area contributed by atoms with Gasteiger partial charge in [-0.2, -0.15) is 5.10 Å². The number of esters is 1. The monoisotopic (exact) mass is 433 g/mol. The molecule has 0 unspecified atom stereocenters. The lowest BCUT2D eigenvalue weighted by atomic mass is 10.2. The van der Waals surface area contributed by atoms with Gasteiger partial charge in [0.25, 0.3) is 0 Å². The highest BCUT2D eigenvalue weighted by molar-refractivity contribution is 7.80. The maximum Gasteiger partial charge on any atom is 0.343 e. The number of nitrogens with one attached hydrogen (secondary N) is 2. The molecule has 158 valence electrons. The summed E-state index contributed by atoms with van der Waals surface area (Å²) in [5.74, 6) is 0.353. The number of carbonyl (C=O) groups excluding carboxylic acids is 1. The summed E-state index contributed by atoms with van der Waals surface area (Å²) in [7, 11) is 0. The molecule has 0 amide bonds. The summed E-state index contributed by atoms with van der Waals surface area (Å²) in [4.78, 5) is 12.3. The van der Waals surface area contributed by atoms with Gasteiger partial charge in [0, 0.05) is 5.69 Å². The van der Waals surface area contributed by atoms with E-state index in [1.54, 1.807) is 48.7 Å². The molecule has 0 saturated heterocycles. The topological polar surface area (TPSA) is 71.9 Å². The van der Waals surface area contributed by atoms with Crippen molar-refractivity contribution < 1.29 is 14.3 Å². The van der Waals surface area contributed by atoms with Gasteiger partial charge in [0.2, 0.25) is 0 Å². The van der Waals surface area contributed by atoms with Crippen LogP contribution in [0.1, 0.15) is 28.4 Å². The Hall–Kier alpha value is -3.71. The molecule has 6 nitrogen and oxygen atoms in total. The Bertz CT molecular complexity index is 1080. The Labute approximate surface area is 186 Å². The fraction of sp³-hybridized carbons (Fsp3) is 0.125. The van der Waals surface area contributed by atoms with Gasteiger partial charge in [-0.3, -0.25) is 5.43 Å². The number of aryl methyl sites for hydroxylation is 1. The van der Waals surface area contributed by atoms with Crippen molar-refractivity contribution >= 4 is 35.2 Å². The van der Waals surface area contributed by atoms with E-state index in [0.717, 1.165) is 16.8 Å². The molecule has 0 bridgehead atoms. The lowest BCUT2D eigenvalue weighted by Gasteiger charge is -2.11. The maximum atomic E-state index is 12.3. The van der Waals surface area contributed by atoms with E-state index in [9.17, 15) is 4.79 Å². The van der Waals surface area contributed by atoms with Crippen molar-refractivity contribution in [1.82, 2.24) is 5.43 Å². The first kappa shape index (κ1) is 22.0. The Kier molecular flexibility index (Phi) is 7.73. The standard InChI is InChI=1S/C24H23N3O3S/c1-3-29-22-15-18(12-13-21(22)30-23(28)19-9-5-4-6-10-19)16-25-27-24(31)26-20-11-7-8-17(2)14-20/h4-16H,3H2,1-2H3,(H2,26,27,31)/b25-16+. The smallest absolute Gasteiger partial charge is 0.343 e. The van der Waals surface area contributed by atoms with Crippen LogP contribution in [0, 0.1) is 6.92 Å². The second kappa shape index (κ2) is 10.9. The zero-order chi connectivity index (χ0) is 22.1. The largest absolute Gasteiger partial charge is 0.490 e. The molecule has 2 N–H and O–H groups in total. The SMILES string of the molecule is CCOc1cc(/C=N/NC(=S)Nc2cccc(C)c2)ccc1OC(=O)c1ccccc1. The third kappa shape index (κ3) is 6.65. The average Bonchev–Trinajstić information content (AvgIpc) is 2.76. The second-order valence-electron chi connectivity index (χ2n) is 6.59. The van der Waals surface area contributed by atoms with Crippen LogP contribution in [-0.4, -0.2) is 23.9 Å². The van der Waals surface area contributed by atoms with Crippen LogP contribution < -0.4 is 20.2 Å². The van der Waals surface area contributed by atoms with Crippen LogP contribution in [0.25, 0.3) is 0 Å². The van der Waals surface area contributed by atoms with Gasteiger partial charge in [-0.1, -0.05) is 30.3 Å². The number of ether oxygens (including phenoxy) is 2. The molecule has 0 aliphatic carbocycles. The zero-order valence-corrected chi connectivity index (χ0v) is 18.1. The number of anilines is 1. The molecule has 3 rings (SSSR count). The number of carbonyl (C=O) groups is 1. The quantitative estimate of drug-likeness (QED) is 0.181. The molecule has 0 atom stereocenters. The van der Waals surface area contributed by atoms with Crippen LogP contribution in [0.5, 0.6) is 11.5 Å². The zero-order valence-electron chi connectivity index (χ0n) is 17.3. The van der Waals surface area contributed by atoms with E-state index >= 15 is 0 Å². The van der Waals surface area contributed by atoms with E-state index in [2.05, 4.69) is 15.8 Å². The minimum Gasteiger partial charge on any atom is -0.490 e. The molecule has 0 aliphatic rings. The minimum absolute atomic E-state index is 0.345. The lowest BCUT2D eigenvalue weighted by molar-refractivity contribution is 0.0728. The molecular formula is C24H23N3O3S. The molecule has 0 heterocycles. The number of rotatable bonds is 7. The molecule has 3 aromatic rings. The Morgan fingerprint density at radius 2 is 1.84 bits per heavy atom. The van der Waals surface area contributed by atoms with E-state index in [-0.39, 0.29) is 0 Å². The van der Waals surface area contributed by atoms with Gasteiger partial charge in [0.1, 0.15) is 0 Å². The van der Waals surface area contributed by atoms with E-state index in [1.807, 2.05) is 44.2 Å². The molecule has 31 heavy (non-hydrogen) atoms. The normalized spacial score (nSPS) is 10.5. The molecule has 7 heteroatoms. The van der Waals surface area contributed by atoms with Gasteiger partial charge in [0.15, 0.2) is 16.6 Å². The van der Waals surface area contributed by atoms with Gasteiger partial charge in [-0.15, -0.1) is 0 Å². The van der Waals surface area contributed by atoms with Crippen LogP contribution >= 0.6 is 12.2 Å².